The molecule has 0 aromatic carbocycles. The van der Waals surface area contributed by atoms with Crippen molar-refractivity contribution in [1.29, 1.82) is 0 Å². The van der Waals surface area contributed by atoms with Gasteiger partial charge < -0.3 is 15.9 Å². The van der Waals surface area contributed by atoms with Gasteiger partial charge in [-0.1, -0.05) is 0 Å². The minimum atomic E-state index is -0.257. The minimum Gasteiger partial charge on any atom is -0.508 e. The van der Waals surface area contributed by atoms with Crippen molar-refractivity contribution in [3.05, 3.63) is 0 Å². The molecule has 0 aliphatic rings. The fourth-order valence-corrected chi connectivity index (χ4v) is 1.75. The normalized spacial score (nSPS) is 12.0. The predicted molar refractivity (Wildman–Crippen MR) is 46.3 cm³/mol. The summed E-state index contributed by atoms with van der Waals surface area (Å²) in [5.41, 5.74) is 0. The van der Waals surface area contributed by atoms with E-state index in [1.54, 1.807) is 0 Å². The Morgan fingerprint density at radius 1 is 1.11 bits per heavy atom. The van der Waals surface area contributed by atoms with Crippen molar-refractivity contribution in [2.24, 2.45) is 0 Å². The van der Waals surface area contributed by atoms with Crippen molar-refractivity contribution in [2.75, 3.05) is 19.6 Å². The lowest BCUT2D eigenvalue weighted by Crippen LogP contribution is -2.48. The third-order valence-electron chi connectivity index (χ3n) is 2.65. The molecule has 0 spiro atoms. The molecule has 0 unspecified atom stereocenters. The standard InChI is InChI=1S/C6H17BClN/c1-4-9(5-2,6-3)7-8/h4-7H2,1-3H3. The molecule has 0 aromatic heterocycles. The van der Waals surface area contributed by atoms with E-state index in [1.165, 1.54) is 24.0 Å². The first-order chi connectivity index (χ1) is 4.24. The SMILES string of the molecule is CC[N+]([BH2-]Cl)(CC)CC. The monoisotopic (exact) mass is 149 g/mol. The Morgan fingerprint density at radius 3 is 1.44 bits per heavy atom. The van der Waals surface area contributed by atoms with E-state index in [9.17, 15) is 0 Å². The Kier molecular flexibility index (Phi) is 4.33. The Balaban J connectivity index is 3.82. The zero-order valence-electron chi connectivity index (χ0n) is 6.95. The molecular weight excluding hydrogens is 132 g/mol. The first-order valence-electron chi connectivity index (χ1n) is 3.90. The maximum absolute atomic E-state index is 5.92. The molecule has 0 saturated heterocycles. The first kappa shape index (κ1) is 9.31. The van der Waals surface area contributed by atoms with E-state index >= 15 is 0 Å². The molecule has 0 atom stereocenters. The number of rotatable bonds is 4. The van der Waals surface area contributed by atoms with Crippen molar-refractivity contribution in [1.82, 2.24) is 0 Å². The van der Waals surface area contributed by atoms with Crippen LogP contribution in [0.3, 0.4) is 0 Å². The summed E-state index contributed by atoms with van der Waals surface area (Å²) in [5.74, 6) is 0. The smallest absolute Gasteiger partial charge is 0.266 e. The summed E-state index contributed by atoms with van der Waals surface area (Å²) in [6.45, 7) is 10.0. The Labute approximate surface area is 63.8 Å². The molecule has 0 aromatic rings. The molecule has 0 N–H and O–H groups in total. The van der Waals surface area contributed by atoms with E-state index in [0.29, 0.717) is 0 Å². The minimum absolute atomic E-state index is 0.257. The van der Waals surface area contributed by atoms with Crippen LogP contribution >= 0.6 is 11.5 Å². The van der Waals surface area contributed by atoms with E-state index in [0.717, 1.165) is 0 Å². The highest BCUT2D eigenvalue weighted by molar-refractivity contribution is 6.89. The van der Waals surface area contributed by atoms with Gasteiger partial charge in [-0.05, 0) is 20.8 Å². The fraction of sp³-hybridized carbons (Fsp3) is 1.00. The number of halogens is 1. The van der Waals surface area contributed by atoms with Gasteiger partial charge in [0.25, 0.3) is 6.83 Å². The predicted octanol–water partition coefficient (Wildman–Crippen LogP) is 1.10. The maximum Gasteiger partial charge on any atom is 0.266 e. The van der Waals surface area contributed by atoms with Crippen LogP contribution in [0.25, 0.3) is 0 Å². The van der Waals surface area contributed by atoms with Gasteiger partial charge in [0, 0.05) is 19.6 Å². The lowest BCUT2D eigenvalue weighted by atomic mass is 10.1. The van der Waals surface area contributed by atoms with Crippen molar-refractivity contribution in [3.63, 3.8) is 0 Å². The molecule has 0 radical (unpaired) electrons. The third-order valence-corrected chi connectivity index (χ3v) is 3.37. The molecule has 1 nitrogen and oxygen atoms in total. The van der Waals surface area contributed by atoms with E-state index in [2.05, 4.69) is 20.8 Å². The van der Waals surface area contributed by atoms with Crippen LogP contribution in [-0.2, 0) is 0 Å². The van der Waals surface area contributed by atoms with Crippen LogP contribution in [0, 0.1) is 0 Å². The number of hydrogen-bond donors (Lipinski definition) is 0. The molecule has 0 saturated carbocycles. The summed E-state index contributed by atoms with van der Waals surface area (Å²) in [6, 6.07) is 0. The summed E-state index contributed by atoms with van der Waals surface area (Å²) < 4.78 is 1.17. The van der Waals surface area contributed by atoms with E-state index in [4.69, 9.17) is 11.5 Å². The molecule has 0 rings (SSSR count). The Morgan fingerprint density at radius 2 is 1.44 bits per heavy atom. The highest BCUT2D eigenvalue weighted by Crippen LogP contribution is 2.03. The van der Waals surface area contributed by atoms with E-state index < -0.39 is 0 Å². The van der Waals surface area contributed by atoms with Crippen LogP contribution in [0.4, 0.5) is 0 Å². The van der Waals surface area contributed by atoms with Gasteiger partial charge in [0.2, 0.25) is 0 Å². The van der Waals surface area contributed by atoms with Gasteiger partial charge >= 0.3 is 0 Å². The molecule has 3 heteroatoms. The number of hydrogen-bond acceptors (Lipinski definition) is 0. The van der Waals surface area contributed by atoms with Crippen LogP contribution in [0.15, 0.2) is 0 Å². The molecule has 0 aliphatic carbocycles. The lowest BCUT2D eigenvalue weighted by Gasteiger charge is -2.42. The molecule has 0 amide bonds. The van der Waals surface area contributed by atoms with Gasteiger partial charge in [-0.25, -0.2) is 0 Å². The highest BCUT2D eigenvalue weighted by Gasteiger charge is 2.10. The van der Waals surface area contributed by atoms with Crippen LogP contribution in [0.1, 0.15) is 20.8 Å². The van der Waals surface area contributed by atoms with Crippen LogP contribution in [0.5, 0.6) is 0 Å². The van der Waals surface area contributed by atoms with Crippen molar-refractivity contribution < 1.29 is 4.39 Å². The van der Waals surface area contributed by atoms with Gasteiger partial charge in [-0.3, -0.25) is 0 Å². The summed E-state index contributed by atoms with van der Waals surface area (Å²) in [6.07, 6.45) is 0. The lowest BCUT2D eigenvalue weighted by molar-refractivity contribution is -0.813. The summed E-state index contributed by atoms with van der Waals surface area (Å²) in [4.78, 5) is 0. The topological polar surface area (TPSA) is 0 Å². The second kappa shape index (κ2) is 4.18. The van der Waals surface area contributed by atoms with Crippen molar-refractivity contribution in [3.8, 4) is 0 Å². The molecule has 9 heavy (non-hydrogen) atoms. The van der Waals surface area contributed by atoms with Crippen molar-refractivity contribution >= 4 is 18.3 Å². The Bertz CT molecular complexity index is 55.9. The Hall–Kier alpha value is 0.315. The molecule has 0 aliphatic heterocycles. The fourth-order valence-electron chi connectivity index (χ4n) is 1.03. The second-order valence-electron chi connectivity index (χ2n) is 2.74. The van der Waals surface area contributed by atoms with Crippen LogP contribution < -0.4 is 0 Å². The average Bonchev–Trinajstić information content (AvgIpc) is 1.95. The van der Waals surface area contributed by atoms with Gasteiger partial charge in [-0.2, -0.15) is 0 Å². The van der Waals surface area contributed by atoms with E-state index in [1.807, 2.05) is 0 Å². The average molecular weight is 149 g/mol. The summed E-state index contributed by atoms with van der Waals surface area (Å²) in [7, 11) is 0. The van der Waals surface area contributed by atoms with Crippen LogP contribution in [0.2, 0.25) is 0 Å². The zero-order chi connectivity index (χ0) is 7.33. The highest BCUT2D eigenvalue weighted by atomic mass is 35.5. The van der Waals surface area contributed by atoms with Gasteiger partial charge in [0.05, 0.1) is 0 Å². The zero-order valence-corrected chi connectivity index (χ0v) is 7.70. The molecule has 0 fully saturated rings. The number of quaternary nitrogens is 1. The molecular formula is C6H17BClN. The van der Waals surface area contributed by atoms with E-state index in [-0.39, 0.29) is 6.83 Å². The van der Waals surface area contributed by atoms with Gasteiger partial charge in [0.15, 0.2) is 0 Å². The maximum atomic E-state index is 5.92. The molecule has 0 bridgehead atoms. The quantitative estimate of drug-likeness (QED) is 0.525. The summed E-state index contributed by atoms with van der Waals surface area (Å²) in [5, 5.41) is 0. The number of nitrogens with zero attached hydrogens (tertiary/aromatic N) is 1. The van der Waals surface area contributed by atoms with Gasteiger partial charge in [0.1, 0.15) is 0 Å². The van der Waals surface area contributed by atoms with Crippen LogP contribution in [-0.4, -0.2) is 30.9 Å². The van der Waals surface area contributed by atoms with Crippen molar-refractivity contribution in [2.45, 2.75) is 20.8 Å². The second-order valence-corrected chi connectivity index (χ2v) is 3.08. The van der Waals surface area contributed by atoms with Gasteiger partial charge in [-0.15, -0.1) is 0 Å². The largest absolute Gasteiger partial charge is 0.508 e. The molecule has 0 heterocycles. The first-order valence-corrected chi connectivity index (χ1v) is 4.65. The third kappa shape index (κ3) is 2.19. The summed E-state index contributed by atoms with van der Waals surface area (Å²) >= 11 is 5.92. The molecule has 56 valence electrons.